The normalized spacial score (nSPS) is 25.4. The average molecular weight is 222 g/mol. The Labute approximate surface area is 96.0 Å². The molecule has 2 rings (SSSR count). The number of aryl methyl sites for hydroxylation is 1. The highest BCUT2D eigenvalue weighted by atomic mass is 16.5. The van der Waals surface area contributed by atoms with Gasteiger partial charge >= 0.3 is 0 Å². The third kappa shape index (κ3) is 2.36. The lowest BCUT2D eigenvalue weighted by Crippen LogP contribution is -2.23. The molecule has 0 aromatic heterocycles. The van der Waals surface area contributed by atoms with Gasteiger partial charge in [-0.1, -0.05) is 6.07 Å². The van der Waals surface area contributed by atoms with Crippen LogP contribution in [0.5, 0.6) is 5.75 Å². The van der Waals surface area contributed by atoms with Gasteiger partial charge in [-0.3, -0.25) is 0 Å². The van der Waals surface area contributed by atoms with E-state index in [-0.39, 0.29) is 12.2 Å². The summed E-state index contributed by atoms with van der Waals surface area (Å²) in [6.07, 6.45) is 1.16. The highest BCUT2D eigenvalue weighted by Gasteiger charge is 2.23. The van der Waals surface area contributed by atoms with Gasteiger partial charge in [-0.25, -0.2) is 0 Å². The van der Waals surface area contributed by atoms with Crippen molar-refractivity contribution in [1.82, 2.24) is 0 Å². The molecule has 2 unspecified atom stereocenters. The van der Waals surface area contributed by atoms with Crippen molar-refractivity contribution in [3.05, 3.63) is 29.3 Å². The van der Waals surface area contributed by atoms with E-state index in [1.807, 2.05) is 18.2 Å². The standard InChI is InChI=1S/C13H18O3/c1-9-3-4-11(15-2)8-12(9)13-7-10(14)5-6-16-13/h3-4,8,10,13-14H,5-7H2,1-2H3. The van der Waals surface area contributed by atoms with Gasteiger partial charge in [0.05, 0.1) is 19.3 Å². The van der Waals surface area contributed by atoms with Crippen LogP contribution in [0.1, 0.15) is 30.1 Å². The van der Waals surface area contributed by atoms with Crippen LogP contribution in [0.15, 0.2) is 18.2 Å². The summed E-state index contributed by atoms with van der Waals surface area (Å²) in [6, 6.07) is 5.97. The fourth-order valence-electron chi connectivity index (χ4n) is 2.09. The maximum Gasteiger partial charge on any atom is 0.119 e. The number of hydrogen-bond donors (Lipinski definition) is 1. The molecule has 1 aromatic rings. The van der Waals surface area contributed by atoms with Gasteiger partial charge in [0, 0.05) is 13.0 Å². The van der Waals surface area contributed by atoms with E-state index in [1.165, 1.54) is 5.56 Å². The first-order valence-electron chi connectivity index (χ1n) is 5.65. The average Bonchev–Trinajstić information content (AvgIpc) is 2.30. The topological polar surface area (TPSA) is 38.7 Å². The third-order valence-electron chi connectivity index (χ3n) is 3.09. The molecule has 1 aliphatic heterocycles. The lowest BCUT2D eigenvalue weighted by atomic mass is 9.96. The lowest BCUT2D eigenvalue weighted by Gasteiger charge is -2.28. The maximum absolute atomic E-state index is 9.65. The first-order chi connectivity index (χ1) is 7.70. The Balaban J connectivity index is 2.24. The molecule has 0 bridgehead atoms. The quantitative estimate of drug-likeness (QED) is 0.833. The van der Waals surface area contributed by atoms with Crippen LogP contribution in [0.4, 0.5) is 0 Å². The predicted molar refractivity (Wildman–Crippen MR) is 61.7 cm³/mol. The summed E-state index contributed by atoms with van der Waals surface area (Å²) in [5.41, 5.74) is 2.30. The summed E-state index contributed by atoms with van der Waals surface area (Å²) in [5.74, 6) is 0.837. The van der Waals surface area contributed by atoms with Crippen LogP contribution < -0.4 is 4.74 Å². The molecule has 16 heavy (non-hydrogen) atoms. The van der Waals surface area contributed by atoms with Gasteiger partial charge in [0.2, 0.25) is 0 Å². The van der Waals surface area contributed by atoms with E-state index >= 15 is 0 Å². The van der Waals surface area contributed by atoms with Crippen molar-refractivity contribution in [3.8, 4) is 5.75 Å². The maximum atomic E-state index is 9.65. The first kappa shape index (κ1) is 11.4. The van der Waals surface area contributed by atoms with E-state index in [0.717, 1.165) is 17.7 Å². The highest BCUT2D eigenvalue weighted by molar-refractivity contribution is 5.36. The molecule has 3 heteroatoms. The van der Waals surface area contributed by atoms with Crippen molar-refractivity contribution in [2.24, 2.45) is 0 Å². The molecule has 88 valence electrons. The summed E-state index contributed by atoms with van der Waals surface area (Å²) in [7, 11) is 1.66. The van der Waals surface area contributed by atoms with Gasteiger partial charge < -0.3 is 14.6 Å². The Morgan fingerprint density at radius 1 is 1.44 bits per heavy atom. The van der Waals surface area contributed by atoms with Crippen molar-refractivity contribution >= 4 is 0 Å². The second-order valence-electron chi connectivity index (χ2n) is 4.26. The first-order valence-corrected chi connectivity index (χ1v) is 5.65. The molecule has 0 saturated carbocycles. The molecule has 1 aromatic carbocycles. The van der Waals surface area contributed by atoms with Gasteiger partial charge in [0.1, 0.15) is 5.75 Å². The molecule has 0 spiro atoms. The number of aliphatic hydroxyl groups excluding tert-OH is 1. The number of hydrogen-bond acceptors (Lipinski definition) is 3. The van der Waals surface area contributed by atoms with Crippen LogP contribution in [0, 0.1) is 6.92 Å². The minimum atomic E-state index is -0.246. The van der Waals surface area contributed by atoms with Gasteiger partial charge in [-0.05, 0) is 36.6 Å². The second-order valence-corrected chi connectivity index (χ2v) is 4.26. The second kappa shape index (κ2) is 4.85. The van der Waals surface area contributed by atoms with E-state index in [1.54, 1.807) is 7.11 Å². The zero-order valence-corrected chi connectivity index (χ0v) is 9.77. The molecule has 0 radical (unpaired) electrons. The Hall–Kier alpha value is -1.06. The van der Waals surface area contributed by atoms with Crippen molar-refractivity contribution in [2.75, 3.05) is 13.7 Å². The van der Waals surface area contributed by atoms with Crippen molar-refractivity contribution in [2.45, 2.75) is 32.0 Å². The van der Waals surface area contributed by atoms with Gasteiger partial charge in [0.25, 0.3) is 0 Å². The van der Waals surface area contributed by atoms with E-state index in [4.69, 9.17) is 9.47 Å². The molecule has 2 atom stereocenters. The van der Waals surface area contributed by atoms with Gasteiger partial charge in [0.15, 0.2) is 0 Å². The minimum absolute atomic E-state index is 0.00106. The zero-order valence-electron chi connectivity index (χ0n) is 9.77. The molecule has 1 saturated heterocycles. The van der Waals surface area contributed by atoms with Crippen LogP contribution in [-0.4, -0.2) is 24.9 Å². The van der Waals surface area contributed by atoms with Crippen molar-refractivity contribution < 1.29 is 14.6 Å². The molecule has 3 nitrogen and oxygen atoms in total. The molecular weight excluding hydrogens is 204 g/mol. The Morgan fingerprint density at radius 2 is 2.25 bits per heavy atom. The zero-order chi connectivity index (χ0) is 11.5. The van der Waals surface area contributed by atoms with Crippen molar-refractivity contribution in [3.63, 3.8) is 0 Å². The largest absolute Gasteiger partial charge is 0.497 e. The summed E-state index contributed by atoms with van der Waals surface area (Å²) >= 11 is 0. The fraction of sp³-hybridized carbons (Fsp3) is 0.538. The Bertz CT molecular complexity index is 362. The van der Waals surface area contributed by atoms with Crippen LogP contribution in [-0.2, 0) is 4.74 Å². The monoisotopic (exact) mass is 222 g/mol. The summed E-state index contributed by atoms with van der Waals surface area (Å²) in [4.78, 5) is 0. The molecular formula is C13H18O3. The Morgan fingerprint density at radius 3 is 2.94 bits per heavy atom. The number of benzene rings is 1. The SMILES string of the molecule is COc1ccc(C)c(C2CC(O)CCO2)c1. The van der Waals surface area contributed by atoms with E-state index in [2.05, 4.69) is 6.92 Å². The van der Waals surface area contributed by atoms with Crippen LogP contribution >= 0.6 is 0 Å². The fourth-order valence-corrected chi connectivity index (χ4v) is 2.09. The third-order valence-corrected chi connectivity index (χ3v) is 3.09. The molecule has 0 amide bonds. The van der Waals surface area contributed by atoms with Crippen LogP contribution in [0.2, 0.25) is 0 Å². The molecule has 1 aliphatic rings. The van der Waals surface area contributed by atoms with E-state index in [0.29, 0.717) is 13.0 Å². The molecule has 0 aliphatic carbocycles. The summed E-state index contributed by atoms with van der Waals surface area (Å²) < 4.78 is 10.9. The number of ether oxygens (including phenoxy) is 2. The van der Waals surface area contributed by atoms with E-state index in [9.17, 15) is 5.11 Å². The molecule has 1 N–H and O–H groups in total. The van der Waals surface area contributed by atoms with Crippen LogP contribution in [0.3, 0.4) is 0 Å². The predicted octanol–water partition coefficient (Wildman–Crippen LogP) is 2.22. The highest BCUT2D eigenvalue weighted by Crippen LogP contribution is 2.32. The van der Waals surface area contributed by atoms with Gasteiger partial charge in [-0.2, -0.15) is 0 Å². The minimum Gasteiger partial charge on any atom is -0.497 e. The number of rotatable bonds is 2. The van der Waals surface area contributed by atoms with Crippen LogP contribution in [0.25, 0.3) is 0 Å². The van der Waals surface area contributed by atoms with Gasteiger partial charge in [-0.15, -0.1) is 0 Å². The Kier molecular flexibility index (Phi) is 3.46. The summed E-state index contributed by atoms with van der Waals surface area (Å²) in [6.45, 7) is 2.68. The smallest absolute Gasteiger partial charge is 0.119 e. The number of aliphatic hydroxyl groups is 1. The number of methoxy groups -OCH3 is 1. The molecule has 1 fully saturated rings. The summed E-state index contributed by atoms with van der Waals surface area (Å²) in [5, 5.41) is 9.65. The van der Waals surface area contributed by atoms with Crippen molar-refractivity contribution in [1.29, 1.82) is 0 Å². The van der Waals surface area contributed by atoms with E-state index < -0.39 is 0 Å². The lowest BCUT2D eigenvalue weighted by molar-refractivity contribution is -0.0450. The molecule has 1 heterocycles.